The van der Waals surface area contributed by atoms with Crippen molar-refractivity contribution in [3.63, 3.8) is 0 Å². The minimum absolute atomic E-state index is 0.0207. The number of allylic oxidation sites excluding steroid dienone is 3. The van der Waals surface area contributed by atoms with E-state index in [0.29, 0.717) is 61.7 Å². The lowest BCUT2D eigenvalue weighted by Crippen LogP contribution is -2.32. The van der Waals surface area contributed by atoms with Crippen molar-refractivity contribution in [1.29, 1.82) is 0 Å². The molecule has 2 N–H and O–H groups in total. The van der Waals surface area contributed by atoms with E-state index in [4.69, 9.17) is 9.15 Å². The molecule has 2 aliphatic heterocycles. The molecule has 1 aromatic carbocycles. The van der Waals surface area contributed by atoms with E-state index in [1.807, 2.05) is 59.7 Å². The van der Waals surface area contributed by atoms with E-state index < -0.39 is 52.3 Å². The maximum atomic E-state index is 12.9. The van der Waals surface area contributed by atoms with Crippen LogP contribution in [0.3, 0.4) is 0 Å². The molecule has 0 bridgehead atoms. The Morgan fingerprint density at radius 1 is 0.983 bits per heavy atom. The van der Waals surface area contributed by atoms with Gasteiger partial charge in [-0.2, -0.15) is 0 Å². The molecule has 1 unspecified atom stereocenters. The van der Waals surface area contributed by atoms with Gasteiger partial charge in [0, 0.05) is 67.2 Å². The Morgan fingerprint density at radius 2 is 1.72 bits per heavy atom. The highest BCUT2D eigenvalue weighted by molar-refractivity contribution is 7.89. The summed E-state index contributed by atoms with van der Waals surface area (Å²) in [5, 5.41) is 9.98. The zero-order valence-corrected chi connectivity index (χ0v) is 37.7. The first-order chi connectivity index (χ1) is 28.0. The molecule has 1 atom stereocenters. The fraction of sp³-hybridized carbons (Fsp3) is 0.524. The Labute approximate surface area is 354 Å². The molecule has 18 heteroatoms. The molecule has 0 radical (unpaired) electrons. The molecule has 0 fully saturated rings. The third-order valence-corrected chi connectivity index (χ3v) is 13.7. The fourth-order valence-corrected chi connectivity index (χ4v) is 9.67. The van der Waals surface area contributed by atoms with E-state index >= 15 is 0 Å². The summed E-state index contributed by atoms with van der Waals surface area (Å²) in [5.74, 6) is -0.447. The second-order valence-corrected chi connectivity index (χ2v) is 21.1. The minimum Gasteiger partial charge on any atom is -0.748 e. The van der Waals surface area contributed by atoms with Gasteiger partial charge in [0.1, 0.15) is 34.7 Å². The number of carboxylic acid groups (broad SMARTS) is 1. The molecule has 332 valence electrons. The molecule has 0 spiro atoms. The molecule has 4 rings (SSSR count). The van der Waals surface area contributed by atoms with Crippen LogP contribution in [0, 0.1) is 0 Å². The number of ether oxygens (including phenoxy) is 1. The normalized spacial score (nSPS) is 17.5. The summed E-state index contributed by atoms with van der Waals surface area (Å²) in [4.78, 5) is 12.8. The number of carboxylic acids is 1. The summed E-state index contributed by atoms with van der Waals surface area (Å²) < 4.78 is 112. The summed E-state index contributed by atoms with van der Waals surface area (Å²) in [6.07, 6.45) is 7.83. The molecular formula is C42H58N3O12S3-. The van der Waals surface area contributed by atoms with Crippen molar-refractivity contribution >= 4 is 48.0 Å². The number of fused-ring (bicyclic) bond motifs is 2. The third-order valence-electron chi connectivity index (χ3n) is 10.7. The number of methoxy groups -OCH3 is 1. The monoisotopic (exact) mass is 892 g/mol. The number of carbonyl (C=O) groups is 1. The van der Waals surface area contributed by atoms with Crippen molar-refractivity contribution < 1.29 is 53.4 Å². The summed E-state index contributed by atoms with van der Waals surface area (Å²) in [7, 11) is -11.4. The van der Waals surface area contributed by atoms with E-state index in [1.54, 1.807) is 12.1 Å². The number of nitrogens with one attached hydrogen (secondary N) is 1. The largest absolute Gasteiger partial charge is 0.748 e. The molecule has 0 amide bonds. The van der Waals surface area contributed by atoms with Gasteiger partial charge in [-0.15, -0.1) is 0 Å². The van der Waals surface area contributed by atoms with Crippen molar-refractivity contribution in [1.82, 2.24) is 9.30 Å². The lowest BCUT2D eigenvalue weighted by atomic mass is 9.77. The van der Waals surface area contributed by atoms with Gasteiger partial charge in [-0.3, -0.25) is 4.79 Å². The van der Waals surface area contributed by atoms with Crippen LogP contribution in [0.4, 0.5) is 5.69 Å². The van der Waals surface area contributed by atoms with Crippen LogP contribution in [0.1, 0.15) is 96.5 Å². The van der Waals surface area contributed by atoms with Crippen LogP contribution < -0.4 is 19.6 Å². The number of aliphatic carboxylic acids is 1. The first-order valence-corrected chi connectivity index (χ1v) is 24.7. The highest BCUT2D eigenvalue weighted by Gasteiger charge is 2.43. The van der Waals surface area contributed by atoms with E-state index in [1.165, 1.54) is 19.2 Å². The van der Waals surface area contributed by atoms with Crippen LogP contribution in [0.5, 0.6) is 0 Å². The Balaban J connectivity index is 1.84. The number of rotatable bonds is 22. The molecule has 0 aromatic heterocycles. The molecule has 0 saturated heterocycles. The van der Waals surface area contributed by atoms with Crippen molar-refractivity contribution in [3.05, 3.63) is 82.6 Å². The van der Waals surface area contributed by atoms with Crippen LogP contribution in [0.2, 0.25) is 0 Å². The number of unbranched alkanes of at least 4 members (excludes halogenated alkanes) is 2. The smallest absolute Gasteiger partial charge is 0.303 e. The highest BCUT2D eigenvalue weighted by Crippen LogP contribution is 2.51. The zero-order chi connectivity index (χ0) is 44.5. The number of benzene rings is 2. The van der Waals surface area contributed by atoms with Gasteiger partial charge in [-0.05, 0) is 98.6 Å². The molecule has 15 nitrogen and oxygen atoms in total. The van der Waals surface area contributed by atoms with Crippen molar-refractivity contribution in [2.24, 2.45) is 0 Å². The second kappa shape index (κ2) is 20.3. The zero-order valence-electron chi connectivity index (χ0n) is 35.2. The van der Waals surface area contributed by atoms with Crippen molar-refractivity contribution in [2.45, 2.75) is 95.3 Å². The molecule has 60 heavy (non-hydrogen) atoms. The predicted molar refractivity (Wildman–Crippen MR) is 229 cm³/mol. The predicted octanol–water partition coefficient (Wildman–Crippen LogP) is 4.98. The van der Waals surface area contributed by atoms with Crippen LogP contribution in [-0.4, -0.2) is 96.8 Å². The quantitative estimate of drug-likeness (QED) is 0.0772. The van der Waals surface area contributed by atoms with Crippen LogP contribution in [-0.2, 0) is 50.6 Å². The fourth-order valence-electron chi connectivity index (χ4n) is 7.63. The number of sulfonamides is 1. The average molecular weight is 893 g/mol. The first-order valence-electron chi connectivity index (χ1n) is 20.0. The van der Waals surface area contributed by atoms with Crippen LogP contribution >= 0.6 is 0 Å². The van der Waals surface area contributed by atoms with Gasteiger partial charge in [0.25, 0.3) is 0 Å². The van der Waals surface area contributed by atoms with E-state index in [-0.39, 0.29) is 50.0 Å². The Bertz CT molecular complexity index is 2430. The maximum Gasteiger partial charge on any atom is 0.303 e. The van der Waals surface area contributed by atoms with Crippen molar-refractivity contribution in [2.75, 3.05) is 56.3 Å². The van der Waals surface area contributed by atoms with Gasteiger partial charge in [0.15, 0.2) is 0 Å². The first kappa shape index (κ1) is 48.8. The lowest BCUT2D eigenvalue weighted by molar-refractivity contribution is -0.137. The summed E-state index contributed by atoms with van der Waals surface area (Å²) in [5.41, 5.74) is 2.60. The second-order valence-electron chi connectivity index (χ2n) is 16.2. The summed E-state index contributed by atoms with van der Waals surface area (Å²) in [6, 6.07) is 12.0. The van der Waals surface area contributed by atoms with Crippen LogP contribution in [0.15, 0.2) is 69.6 Å². The van der Waals surface area contributed by atoms with E-state index in [2.05, 4.69) is 25.5 Å². The minimum atomic E-state index is -4.83. The molecule has 2 heterocycles. The average Bonchev–Trinajstić information content (AvgIpc) is 3.37. The van der Waals surface area contributed by atoms with Gasteiger partial charge in [0.05, 0.1) is 33.4 Å². The van der Waals surface area contributed by atoms with E-state index in [0.717, 1.165) is 22.2 Å². The van der Waals surface area contributed by atoms with Gasteiger partial charge in [-0.25, -0.2) is 34.6 Å². The number of hydrogen-bond acceptors (Lipinski definition) is 12. The van der Waals surface area contributed by atoms with Crippen molar-refractivity contribution in [3.8, 4) is 11.3 Å². The van der Waals surface area contributed by atoms with E-state index in [9.17, 15) is 44.3 Å². The van der Waals surface area contributed by atoms with Gasteiger partial charge in [-0.1, -0.05) is 33.3 Å². The van der Waals surface area contributed by atoms with Gasteiger partial charge < -0.3 is 28.3 Å². The lowest BCUT2D eigenvalue weighted by Gasteiger charge is -2.30. The molecular weight excluding hydrogens is 835 g/mol. The molecule has 0 saturated carbocycles. The third kappa shape index (κ3) is 13.3. The molecule has 1 aliphatic carbocycles. The Hall–Kier alpha value is -3.91. The number of nitrogens with zero attached hydrogens (tertiary/aromatic N) is 2. The summed E-state index contributed by atoms with van der Waals surface area (Å²) in [6.45, 7) is 11.8. The SMILES string of the molecule is CC[N+](CCCS(=O)(=O)[O-])=c1ccc2c(C(C)(C)C)cc(/C=C/C=C3/N(CCCCCC(=O)O)c4ccc(S(=O)(=O)[O-])cc4C3(C)CCCS(=O)(=O)NCCOC)oc-2c1. The Morgan fingerprint density at radius 3 is 2.35 bits per heavy atom. The maximum absolute atomic E-state index is 12.9. The van der Waals surface area contributed by atoms with Gasteiger partial charge >= 0.3 is 5.97 Å². The molecule has 1 aromatic rings. The number of hydrogen-bond donors (Lipinski definition) is 2. The van der Waals surface area contributed by atoms with Gasteiger partial charge in [0.2, 0.25) is 15.4 Å². The number of anilines is 1. The topological polar surface area (TPSA) is 226 Å². The standard InChI is InChI=1S/C42H59N3O12S3/c1-7-44(23-13-27-59(50,51)52)31-17-19-34-35(41(2,3)4)29-32(57-38(34)28-31)14-11-15-39-42(5,21-12-26-58(48,49)43-22-25-56-6)36-30-33(60(53,54)55)18-20-37(36)45(39)24-10-8-9-16-40(46)47/h11,14-15,17-20,28-30,43H,7-10,12-13,16,21-27H2,1-6H3,(H2-,46,47,50,51,52,53,54,55)/p-1. The Kier molecular flexibility index (Phi) is 16.5. The van der Waals surface area contributed by atoms with Crippen LogP contribution in [0.25, 0.3) is 17.4 Å². The highest BCUT2D eigenvalue weighted by atomic mass is 32.2. The molecule has 3 aliphatic rings. The summed E-state index contributed by atoms with van der Waals surface area (Å²) >= 11 is 0.